The lowest BCUT2D eigenvalue weighted by atomic mass is 10.1. The molecule has 0 saturated heterocycles. The van der Waals surface area contributed by atoms with Gasteiger partial charge < -0.3 is 5.32 Å². The Kier molecular flexibility index (Phi) is 5.05. The summed E-state index contributed by atoms with van der Waals surface area (Å²) in [6.07, 6.45) is 0. The second kappa shape index (κ2) is 6.62. The van der Waals surface area contributed by atoms with E-state index in [1.54, 1.807) is 0 Å². The van der Waals surface area contributed by atoms with Gasteiger partial charge in [-0.05, 0) is 30.3 Å². The van der Waals surface area contributed by atoms with Crippen molar-refractivity contribution in [3.8, 4) is 0 Å². The van der Waals surface area contributed by atoms with E-state index in [9.17, 15) is 18.0 Å². The van der Waals surface area contributed by atoms with E-state index in [2.05, 4.69) is 37.2 Å². The molecule has 0 unspecified atom stereocenters. The van der Waals surface area contributed by atoms with E-state index >= 15 is 0 Å². The van der Waals surface area contributed by atoms with E-state index in [1.807, 2.05) is 0 Å². The van der Waals surface area contributed by atoms with Crippen molar-refractivity contribution in [1.29, 1.82) is 0 Å². The minimum atomic E-state index is -0.992. The summed E-state index contributed by atoms with van der Waals surface area (Å²) in [7, 11) is 0. The number of nitrogens with one attached hydrogen (secondary N) is 1. The Bertz CT molecular complexity index is 684. The van der Waals surface area contributed by atoms with Gasteiger partial charge in [-0.15, -0.1) is 0 Å². The fraction of sp³-hybridized carbons (Fsp3) is 0.0714. The van der Waals surface area contributed by atoms with Crippen LogP contribution in [-0.2, 0) is 6.54 Å². The summed E-state index contributed by atoms with van der Waals surface area (Å²) < 4.78 is 41.6. The topological polar surface area (TPSA) is 29.1 Å². The summed E-state index contributed by atoms with van der Waals surface area (Å²) in [5, 5.41) is 2.29. The first-order valence-electron chi connectivity index (χ1n) is 5.75. The third kappa shape index (κ3) is 3.85. The Hall–Kier alpha value is -1.34. The third-order valence-corrected chi connectivity index (χ3v) is 3.63. The Morgan fingerprint density at radius 1 is 0.952 bits per heavy atom. The van der Waals surface area contributed by atoms with Crippen molar-refractivity contribution in [3.63, 3.8) is 0 Å². The zero-order chi connectivity index (χ0) is 15.6. The Labute approximate surface area is 135 Å². The molecule has 0 fully saturated rings. The molecule has 0 saturated carbocycles. The first kappa shape index (κ1) is 16.0. The van der Waals surface area contributed by atoms with Crippen LogP contribution in [0.3, 0.4) is 0 Å². The van der Waals surface area contributed by atoms with Gasteiger partial charge in [-0.3, -0.25) is 4.79 Å². The van der Waals surface area contributed by atoms with Gasteiger partial charge in [-0.1, -0.05) is 31.9 Å². The average Bonchev–Trinajstić information content (AvgIpc) is 2.38. The van der Waals surface area contributed by atoms with Crippen LogP contribution in [0.5, 0.6) is 0 Å². The average molecular weight is 423 g/mol. The fourth-order valence-corrected chi connectivity index (χ4v) is 2.51. The van der Waals surface area contributed by atoms with E-state index in [0.29, 0.717) is 4.47 Å². The van der Waals surface area contributed by atoms with Gasteiger partial charge in [0.25, 0.3) is 5.91 Å². The second-order valence-corrected chi connectivity index (χ2v) is 5.99. The fourth-order valence-electron chi connectivity index (χ4n) is 1.70. The molecule has 0 aromatic heterocycles. The van der Waals surface area contributed by atoms with Gasteiger partial charge in [0, 0.05) is 21.1 Å². The van der Waals surface area contributed by atoms with Gasteiger partial charge >= 0.3 is 0 Å². The molecule has 0 bridgehead atoms. The maximum atomic E-state index is 13.6. The van der Waals surface area contributed by atoms with Crippen molar-refractivity contribution in [1.82, 2.24) is 5.32 Å². The van der Waals surface area contributed by atoms with Crippen molar-refractivity contribution in [2.45, 2.75) is 6.54 Å². The van der Waals surface area contributed by atoms with Gasteiger partial charge in [-0.2, -0.15) is 0 Å². The molecule has 0 radical (unpaired) electrons. The van der Waals surface area contributed by atoms with E-state index < -0.39 is 28.9 Å². The highest BCUT2D eigenvalue weighted by atomic mass is 79.9. The van der Waals surface area contributed by atoms with Gasteiger partial charge in [-0.25, -0.2) is 13.2 Å². The van der Waals surface area contributed by atoms with Crippen LogP contribution >= 0.6 is 31.9 Å². The number of halogens is 5. The molecule has 1 N–H and O–H groups in total. The summed E-state index contributed by atoms with van der Waals surface area (Å²) in [5.74, 6) is -3.45. The zero-order valence-corrected chi connectivity index (χ0v) is 13.6. The molecule has 21 heavy (non-hydrogen) atoms. The Balaban J connectivity index is 2.18. The SMILES string of the molecule is O=C(NCc1cc(Br)ccc1F)c1c(F)cc(Br)cc1F. The highest BCUT2D eigenvalue weighted by Crippen LogP contribution is 2.20. The molecule has 0 atom stereocenters. The number of carbonyl (C=O) groups excluding carboxylic acids is 1. The van der Waals surface area contributed by atoms with Crippen LogP contribution in [0.2, 0.25) is 0 Å². The summed E-state index contributed by atoms with van der Waals surface area (Å²) in [6.45, 7) is -0.181. The summed E-state index contributed by atoms with van der Waals surface area (Å²) in [6, 6.07) is 6.18. The molecule has 0 aliphatic rings. The molecule has 1 amide bonds. The van der Waals surface area contributed by atoms with Crippen molar-refractivity contribution in [2.24, 2.45) is 0 Å². The number of hydrogen-bond acceptors (Lipinski definition) is 1. The van der Waals surface area contributed by atoms with Crippen LogP contribution < -0.4 is 5.32 Å². The molecular formula is C14H8Br2F3NO. The molecule has 110 valence electrons. The summed E-state index contributed by atoms with van der Waals surface area (Å²) >= 11 is 6.10. The number of benzene rings is 2. The molecule has 0 aliphatic heterocycles. The van der Waals surface area contributed by atoms with Crippen molar-refractivity contribution in [3.05, 3.63) is 67.9 Å². The van der Waals surface area contributed by atoms with Crippen LogP contribution in [0.1, 0.15) is 15.9 Å². The van der Waals surface area contributed by atoms with E-state index in [-0.39, 0.29) is 16.6 Å². The third-order valence-electron chi connectivity index (χ3n) is 2.68. The normalized spacial score (nSPS) is 10.5. The predicted octanol–water partition coefficient (Wildman–Crippen LogP) is 4.56. The van der Waals surface area contributed by atoms with Crippen LogP contribution in [0.4, 0.5) is 13.2 Å². The highest BCUT2D eigenvalue weighted by molar-refractivity contribution is 9.10. The second-order valence-electron chi connectivity index (χ2n) is 4.16. The number of amides is 1. The smallest absolute Gasteiger partial charge is 0.257 e. The molecule has 2 aromatic rings. The van der Waals surface area contributed by atoms with Gasteiger partial charge in [0.05, 0.1) is 0 Å². The van der Waals surface area contributed by atoms with Crippen molar-refractivity contribution >= 4 is 37.8 Å². The molecular weight excluding hydrogens is 415 g/mol. The quantitative estimate of drug-likeness (QED) is 0.771. The highest BCUT2D eigenvalue weighted by Gasteiger charge is 2.18. The maximum absolute atomic E-state index is 13.6. The van der Waals surface area contributed by atoms with Gasteiger partial charge in [0.2, 0.25) is 0 Å². The van der Waals surface area contributed by atoms with Gasteiger partial charge in [0.1, 0.15) is 23.0 Å². The van der Waals surface area contributed by atoms with Crippen LogP contribution in [0.25, 0.3) is 0 Å². The molecule has 2 aromatic carbocycles. The number of carbonyl (C=O) groups is 1. The van der Waals surface area contributed by atoms with E-state index in [4.69, 9.17) is 0 Å². The standard InChI is InChI=1S/C14H8Br2F3NO/c15-8-1-2-10(17)7(3-8)6-20-14(21)13-11(18)4-9(16)5-12(13)19/h1-5H,6H2,(H,20,21). The number of rotatable bonds is 3. The molecule has 0 aliphatic carbocycles. The zero-order valence-electron chi connectivity index (χ0n) is 10.4. The first-order chi connectivity index (χ1) is 9.88. The van der Waals surface area contributed by atoms with Crippen molar-refractivity contribution in [2.75, 3.05) is 0 Å². The van der Waals surface area contributed by atoms with Crippen molar-refractivity contribution < 1.29 is 18.0 Å². The maximum Gasteiger partial charge on any atom is 0.257 e. The minimum absolute atomic E-state index is 0.181. The lowest BCUT2D eigenvalue weighted by Crippen LogP contribution is -2.25. The number of hydrogen-bond donors (Lipinski definition) is 1. The molecule has 0 spiro atoms. The monoisotopic (exact) mass is 421 g/mol. The summed E-state index contributed by atoms with van der Waals surface area (Å²) in [5.41, 5.74) is -0.496. The lowest BCUT2D eigenvalue weighted by Gasteiger charge is -2.09. The molecule has 7 heteroatoms. The van der Waals surface area contributed by atoms with Crippen LogP contribution in [0, 0.1) is 17.5 Å². The van der Waals surface area contributed by atoms with E-state index in [0.717, 1.165) is 12.1 Å². The predicted molar refractivity (Wildman–Crippen MR) is 79.3 cm³/mol. The molecule has 2 rings (SSSR count). The largest absolute Gasteiger partial charge is 0.348 e. The summed E-state index contributed by atoms with van der Waals surface area (Å²) in [4.78, 5) is 11.8. The minimum Gasteiger partial charge on any atom is -0.348 e. The lowest BCUT2D eigenvalue weighted by molar-refractivity contribution is 0.0942. The molecule has 2 nitrogen and oxygen atoms in total. The Morgan fingerprint density at radius 2 is 1.57 bits per heavy atom. The Morgan fingerprint density at radius 3 is 2.19 bits per heavy atom. The van der Waals surface area contributed by atoms with Crippen LogP contribution in [0.15, 0.2) is 39.3 Å². The molecule has 0 heterocycles. The van der Waals surface area contributed by atoms with Gasteiger partial charge in [0.15, 0.2) is 0 Å². The van der Waals surface area contributed by atoms with E-state index in [1.165, 1.54) is 18.2 Å². The van der Waals surface area contributed by atoms with Crippen LogP contribution in [-0.4, -0.2) is 5.91 Å². The first-order valence-corrected chi connectivity index (χ1v) is 7.33.